The van der Waals surface area contributed by atoms with E-state index in [-0.39, 0.29) is 0 Å². The summed E-state index contributed by atoms with van der Waals surface area (Å²) in [5.74, 6) is 0.677. The van der Waals surface area contributed by atoms with Gasteiger partial charge in [-0.05, 0) is 22.0 Å². The van der Waals surface area contributed by atoms with Crippen molar-refractivity contribution in [1.29, 1.82) is 0 Å². The summed E-state index contributed by atoms with van der Waals surface area (Å²) in [4.78, 5) is 6.48. The normalized spacial score (nSPS) is 17.3. The molecular formula is C11H15BrN2O2. The number of pyridine rings is 1. The number of rotatable bonds is 4. The van der Waals surface area contributed by atoms with Crippen molar-refractivity contribution in [2.75, 3.05) is 39.5 Å². The van der Waals surface area contributed by atoms with Crippen molar-refractivity contribution >= 4 is 15.9 Å². The molecule has 0 aromatic carbocycles. The van der Waals surface area contributed by atoms with Gasteiger partial charge in [0.1, 0.15) is 6.61 Å². The molecule has 1 aromatic heterocycles. The zero-order chi connectivity index (χ0) is 11.2. The quantitative estimate of drug-likeness (QED) is 0.841. The van der Waals surface area contributed by atoms with Crippen LogP contribution in [0.2, 0.25) is 0 Å². The predicted octanol–water partition coefficient (Wildman–Crippen LogP) is 1.56. The Morgan fingerprint density at radius 3 is 2.88 bits per heavy atom. The van der Waals surface area contributed by atoms with E-state index < -0.39 is 0 Å². The van der Waals surface area contributed by atoms with E-state index in [1.54, 1.807) is 6.20 Å². The van der Waals surface area contributed by atoms with Gasteiger partial charge in [-0.25, -0.2) is 4.98 Å². The Bertz CT molecular complexity index is 312. The van der Waals surface area contributed by atoms with Crippen molar-refractivity contribution in [1.82, 2.24) is 9.88 Å². The summed E-state index contributed by atoms with van der Waals surface area (Å²) in [5.41, 5.74) is 0. The first-order chi connectivity index (χ1) is 7.84. The molecule has 0 atom stereocenters. The first-order valence-electron chi connectivity index (χ1n) is 5.39. The molecule has 1 fully saturated rings. The van der Waals surface area contributed by atoms with Crippen molar-refractivity contribution in [3.05, 3.63) is 22.8 Å². The number of halogens is 1. The molecule has 2 rings (SSSR count). The predicted molar refractivity (Wildman–Crippen MR) is 64.7 cm³/mol. The molecule has 4 nitrogen and oxygen atoms in total. The average Bonchev–Trinajstić information content (AvgIpc) is 2.33. The lowest BCUT2D eigenvalue weighted by molar-refractivity contribution is 0.0320. The van der Waals surface area contributed by atoms with E-state index >= 15 is 0 Å². The largest absolute Gasteiger partial charge is 0.476 e. The third kappa shape index (κ3) is 3.73. The molecule has 88 valence electrons. The second kappa shape index (κ2) is 6.18. The van der Waals surface area contributed by atoms with Crippen LogP contribution in [-0.2, 0) is 4.74 Å². The molecular weight excluding hydrogens is 272 g/mol. The Morgan fingerprint density at radius 2 is 2.19 bits per heavy atom. The molecule has 1 saturated heterocycles. The summed E-state index contributed by atoms with van der Waals surface area (Å²) < 4.78 is 11.8. The molecule has 0 saturated carbocycles. The lowest BCUT2D eigenvalue weighted by atomic mass is 10.4. The number of morpholine rings is 1. The summed E-state index contributed by atoms with van der Waals surface area (Å²) >= 11 is 3.34. The molecule has 1 aliphatic heterocycles. The highest BCUT2D eigenvalue weighted by molar-refractivity contribution is 9.10. The van der Waals surface area contributed by atoms with Crippen molar-refractivity contribution < 1.29 is 9.47 Å². The minimum absolute atomic E-state index is 0.675. The van der Waals surface area contributed by atoms with Crippen molar-refractivity contribution in [2.24, 2.45) is 0 Å². The minimum atomic E-state index is 0.675. The highest BCUT2D eigenvalue weighted by atomic mass is 79.9. The molecule has 2 heterocycles. The third-order valence-electron chi connectivity index (χ3n) is 2.46. The molecule has 0 unspecified atom stereocenters. The average molecular weight is 287 g/mol. The van der Waals surface area contributed by atoms with Gasteiger partial charge in [0.25, 0.3) is 0 Å². The molecule has 0 spiro atoms. The fourth-order valence-corrected chi connectivity index (χ4v) is 1.79. The van der Waals surface area contributed by atoms with Crippen molar-refractivity contribution in [3.63, 3.8) is 0 Å². The fraction of sp³-hybridized carbons (Fsp3) is 0.545. The Balaban J connectivity index is 1.69. The van der Waals surface area contributed by atoms with Crippen LogP contribution in [-0.4, -0.2) is 49.3 Å². The second-order valence-electron chi connectivity index (χ2n) is 3.62. The number of aromatic nitrogens is 1. The van der Waals surface area contributed by atoms with Gasteiger partial charge in [0.15, 0.2) is 0 Å². The zero-order valence-corrected chi connectivity index (χ0v) is 10.6. The maximum atomic E-state index is 5.55. The summed E-state index contributed by atoms with van der Waals surface area (Å²) in [5, 5.41) is 0. The highest BCUT2D eigenvalue weighted by Crippen LogP contribution is 2.12. The minimum Gasteiger partial charge on any atom is -0.476 e. The van der Waals surface area contributed by atoms with Gasteiger partial charge in [-0.2, -0.15) is 0 Å². The van der Waals surface area contributed by atoms with Crippen molar-refractivity contribution in [2.45, 2.75) is 0 Å². The standard InChI is InChI=1S/C11H15BrN2O2/c12-10-1-2-11(13-9-10)16-8-5-14-3-6-15-7-4-14/h1-2,9H,3-8H2. The van der Waals surface area contributed by atoms with Crippen molar-refractivity contribution in [3.8, 4) is 5.88 Å². The van der Waals surface area contributed by atoms with Crippen LogP contribution in [0.4, 0.5) is 0 Å². The third-order valence-corrected chi connectivity index (χ3v) is 2.93. The monoisotopic (exact) mass is 286 g/mol. The maximum absolute atomic E-state index is 5.55. The second-order valence-corrected chi connectivity index (χ2v) is 4.53. The molecule has 0 radical (unpaired) electrons. The number of nitrogens with zero attached hydrogens (tertiary/aromatic N) is 2. The van der Waals surface area contributed by atoms with Gasteiger partial charge < -0.3 is 9.47 Å². The molecule has 0 bridgehead atoms. The van der Waals surface area contributed by atoms with E-state index in [9.17, 15) is 0 Å². The van der Waals surface area contributed by atoms with Gasteiger partial charge in [-0.1, -0.05) is 0 Å². The van der Waals surface area contributed by atoms with Crippen LogP contribution in [0.15, 0.2) is 22.8 Å². The van der Waals surface area contributed by atoms with Gasteiger partial charge in [0.05, 0.1) is 13.2 Å². The Labute approximate surface area is 104 Å². The van der Waals surface area contributed by atoms with Crippen LogP contribution in [0, 0.1) is 0 Å². The van der Waals surface area contributed by atoms with E-state index in [0.717, 1.165) is 37.3 Å². The first kappa shape index (κ1) is 11.8. The lowest BCUT2D eigenvalue weighted by Gasteiger charge is -2.26. The summed E-state index contributed by atoms with van der Waals surface area (Å²) in [7, 11) is 0. The topological polar surface area (TPSA) is 34.6 Å². The summed E-state index contributed by atoms with van der Waals surface area (Å²) in [6, 6.07) is 3.79. The van der Waals surface area contributed by atoms with Gasteiger partial charge in [0.2, 0.25) is 5.88 Å². The van der Waals surface area contributed by atoms with Gasteiger partial charge >= 0.3 is 0 Å². The van der Waals surface area contributed by atoms with Crippen LogP contribution < -0.4 is 4.74 Å². The maximum Gasteiger partial charge on any atom is 0.213 e. The Hall–Kier alpha value is -0.650. The fourth-order valence-electron chi connectivity index (χ4n) is 1.55. The van der Waals surface area contributed by atoms with E-state index in [1.807, 2.05) is 12.1 Å². The SMILES string of the molecule is Brc1ccc(OCCN2CCOCC2)nc1. The van der Waals surface area contributed by atoms with Crippen LogP contribution in [0.25, 0.3) is 0 Å². The van der Waals surface area contributed by atoms with Crippen LogP contribution in [0.1, 0.15) is 0 Å². The lowest BCUT2D eigenvalue weighted by Crippen LogP contribution is -2.38. The van der Waals surface area contributed by atoms with E-state index in [1.165, 1.54) is 0 Å². The van der Waals surface area contributed by atoms with Crippen LogP contribution in [0.3, 0.4) is 0 Å². The molecule has 5 heteroatoms. The first-order valence-corrected chi connectivity index (χ1v) is 6.18. The van der Waals surface area contributed by atoms with Gasteiger partial charge in [0, 0.05) is 36.4 Å². The molecule has 1 aliphatic rings. The van der Waals surface area contributed by atoms with Crippen LogP contribution in [0.5, 0.6) is 5.88 Å². The summed E-state index contributed by atoms with van der Waals surface area (Å²) in [6.45, 7) is 5.26. The zero-order valence-electron chi connectivity index (χ0n) is 9.06. The highest BCUT2D eigenvalue weighted by Gasteiger charge is 2.09. The molecule has 0 amide bonds. The van der Waals surface area contributed by atoms with E-state index in [2.05, 4.69) is 25.8 Å². The molecule has 0 aliphatic carbocycles. The number of hydrogen-bond acceptors (Lipinski definition) is 4. The smallest absolute Gasteiger partial charge is 0.213 e. The van der Waals surface area contributed by atoms with Gasteiger partial charge in [-0.15, -0.1) is 0 Å². The number of ether oxygens (including phenoxy) is 2. The molecule has 1 aromatic rings. The summed E-state index contributed by atoms with van der Waals surface area (Å²) in [6.07, 6.45) is 1.74. The Kier molecular flexibility index (Phi) is 4.56. The van der Waals surface area contributed by atoms with Crippen LogP contribution >= 0.6 is 15.9 Å². The number of hydrogen-bond donors (Lipinski definition) is 0. The molecule has 16 heavy (non-hydrogen) atoms. The Morgan fingerprint density at radius 1 is 1.38 bits per heavy atom. The van der Waals surface area contributed by atoms with E-state index in [4.69, 9.17) is 9.47 Å². The molecule has 0 N–H and O–H groups in total. The van der Waals surface area contributed by atoms with Gasteiger partial charge in [-0.3, -0.25) is 4.90 Å². The van der Waals surface area contributed by atoms with E-state index in [0.29, 0.717) is 12.5 Å².